The van der Waals surface area contributed by atoms with Crippen molar-refractivity contribution in [2.24, 2.45) is 0 Å². The second-order valence-electron chi connectivity index (χ2n) is 6.33. The van der Waals surface area contributed by atoms with Crippen molar-refractivity contribution in [2.75, 3.05) is 19.4 Å². The molecule has 0 unspecified atom stereocenters. The van der Waals surface area contributed by atoms with Gasteiger partial charge in [0.15, 0.2) is 0 Å². The third kappa shape index (κ3) is 4.67. The van der Waals surface area contributed by atoms with E-state index in [-0.39, 0.29) is 16.7 Å². The van der Waals surface area contributed by atoms with E-state index in [1.807, 2.05) is 37.3 Å². The maximum absolute atomic E-state index is 12.4. The number of hydrogen-bond acceptors (Lipinski definition) is 3. The third-order valence-corrected chi connectivity index (χ3v) is 6.05. The monoisotopic (exact) mass is 360 g/mol. The maximum Gasteiger partial charge on any atom is 0.242 e. The quantitative estimate of drug-likeness (QED) is 0.859. The van der Waals surface area contributed by atoms with Gasteiger partial charge in [-0.05, 0) is 36.1 Å². The number of benzene rings is 2. The molecule has 2 aromatic carbocycles. The first-order valence-electron chi connectivity index (χ1n) is 8.10. The van der Waals surface area contributed by atoms with Gasteiger partial charge >= 0.3 is 0 Å². The van der Waals surface area contributed by atoms with E-state index in [9.17, 15) is 13.2 Å². The highest BCUT2D eigenvalue weighted by atomic mass is 32.2. The van der Waals surface area contributed by atoms with E-state index in [1.165, 1.54) is 24.5 Å². The number of anilines is 1. The van der Waals surface area contributed by atoms with Gasteiger partial charge in [0.1, 0.15) is 0 Å². The number of carbonyl (C=O) groups excluding carboxylic acids is 1. The maximum atomic E-state index is 12.4. The number of aryl methyl sites for hydroxylation is 1. The Labute approximate surface area is 149 Å². The molecule has 1 atom stereocenters. The Morgan fingerprint density at radius 3 is 2.36 bits per heavy atom. The first kappa shape index (κ1) is 19.1. The summed E-state index contributed by atoms with van der Waals surface area (Å²) in [5.74, 6) is -0.0648. The summed E-state index contributed by atoms with van der Waals surface area (Å²) in [6.07, 6.45) is 0.327. The average molecular weight is 360 g/mol. The standard InChI is InChI=1S/C19H24N2O3S/c1-14-10-11-17(13-18(14)25(23,24)21(3)4)20-19(22)12-15(2)16-8-6-5-7-9-16/h5-11,13,15H,12H2,1-4H3,(H,20,22)/t15-/m1/s1. The summed E-state index contributed by atoms with van der Waals surface area (Å²) in [7, 11) is -0.575. The first-order chi connectivity index (χ1) is 11.7. The fourth-order valence-corrected chi connectivity index (χ4v) is 3.69. The largest absolute Gasteiger partial charge is 0.326 e. The summed E-state index contributed by atoms with van der Waals surface area (Å²) < 4.78 is 25.9. The molecule has 2 aromatic rings. The minimum Gasteiger partial charge on any atom is -0.326 e. The Hall–Kier alpha value is -2.18. The van der Waals surface area contributed by atoms with Gasteiger partial charge in [-0.2, -0.15) is 0 Å². The molecule has 0 bridgehead atoms. The molecule has 6 heteroatoms. The molecule has 0 aromatic heterocycles. The highest BCUT2D eigenvalue weighted by molar-refractivity contribution is 7.89. The molecule has 0 aliphatic heterocycles. The van der Waals surface area contributed by atoms with Crippen LogP contribution in [0.1, 0.15) is 30.4 Å². The lowest BCUT2D eigenvalue weighted by atomic mass is 9.97. The molecule has 1 amide bonds. The van der Waals surface area contributed by atoms with Gasteiger partial charge in [-0.1, -0.05) is 43.3 Å². The summed E-state index contributed by atoms with van der Waals surface area (Å²) in [6, 6.07) is 14.7. The number of carbonyl (C=O) groups is 1. The molecule has 1 N–H and O–H groups in total. The van der Waals surface area contributed by atoms with Crippen LogP contribution >= 0.6 is 0 Å². The number of hydrogen-bond donors (Lipinski definition) is 1. The zero-order valence-corrected chi connectivity index (χ0v) is 15.8. The van der Waals surface area contributed by atoms with E-state index in [4.69, 9.17) is 0 Å². The molecule has 0 saturated heterocycles. The molecule has 0 saturated carbocycles. The molecular weight excluding hydrogens is 336 g/mol. The Kier molecular flexibility index (Phi) is 5.98. The van der Waals surface area contributed by atoms with Crippen molar-refractivity contribution in [2.45, 2.75) is 31.1 Å². The van der Waals surface area contributed by atoms with Crippen molar-refractivity contribution in [1.29, 1.82) is 0 Å². The molecule has 0 aliphatic carbocycles. The number of nitrogens with one attached hydrogen (secondary N) is 1. The molecule has 25 heavy (non-hydrogen) atoms. The summed E-state index contributed by atoms with van der Waals surface area (Å²) in [6.45, 7) is 3.73. The first-order valence-corrected chi connectivity index (χ1v) is 9.54. The van der Waals surface area contributed by atoms with E-state index in [1.54, 1.807) is 19.1 Å². The number of sulfonamides is 1. The van der Waals surface area contributed by atoms with Gasteiger partial charge in [-0.15, -0.1) is 0 Å². The van der Waals surface area contributed by atoms with Crippen molar-refractivity contribution < 1.29 is 13.2 Å². The van der Waals surface area contributed by atoms with Gasteiger partial charge in [-0.25, -0.2) is 12.7 Å². The normalized spacial score (nSPS) is 12.8. The van der Waals surface area contributed by atoms with Crippen LogP contribution in [0, 0.1) is 6.92 Å². The fraction of sp³-hybridized carbons (Fsp3) is 0.316. The van der Waals surface area contributed by atoms with Crippen LogP contribution in [0.15, 0.2) is 53.4 Å². The van der Waals surface area contributed by atoms with Crippen LogP contribution in [0.4, 0.5) is 5.69 Å². The van der Waals surface area contributed by atoms with Gasteiger partial charge < -0.3 is 5.32 Å². The zero-order valence-electron chi connectivity index (χ0n) is 15.0. The third-order valence-electron chi connectivity index (χ3n) is 4.09. The Balaban J connectivity index is 2.14. The zero-order chi connectivity index (χ0) is 18.6. The Morgan fingerprint density at radius 2 is 1.76 bits per heavy atom. The minimum absolute atomic E-state index is 0.0802. The van der Waals surface area contributed by atoms with E-state index in [0.29, 0.717) is 17.7 Å². The molecule has 0 spiro atoms. The lowest BCUT2D eigenvalue weighted by Gasteiger charge is -2.16. The molecule has 0 heterocycles. The van der Waals surface area contributed by atoms with Gasteiger partial charge in [0.05, 0.1) is 4.90 Å². The van der Waals surface area contributed by atoms with Crippen LogP contribution < -0.4 is 5.32 Å². The van der Waals surface area contributed by atoms with E-state index < -0.39 is 10.0 Å². The fourth-order valence-electron chi connectivity index (χ4n) is 2.54. The summed E-state index contributed by atoms with van der Waals surface area (Å²) >= 11 is 0. The second-order valence-corrected chi connectivity index (χ2v) is 8.45. The minimum atomic E-state index is -3.55. The summed E-state index contributed by atoms with van der Waals surface area (Å²) in [4.78, 5) is 12.5. The average Bonchev–Trinajstić information content (AvgIpc) is 2.57. The Morgan fingerprint density at radius 1 is 1.12 bits per heavy atom. The number of rotatable bonds is 6. The molecule has 0 radical (unpaired) electrons. The van der Waals surface area contributed by atoms with Crippen LogP contribution in [0.2, 0.25) is 0 Å². The molecule has 2 rings (SSSR count). The van der Waals surface area contributed by atoms with Crippen LogP contribution in [0.5, 0.6) is 0 Å². The lowest BCUT2D eigenvalue weighted by Crippen LogP contribution is -2.23. The highest BCUT2D eigenvalue weighted by Gasteiger charge is 2.20. The van der Waals surface area contributed by atoms with Crippen molar-refractivity contribution >= 4 is 21.6 Å². The van der Waals surface area contributed by atoms with Gasteiger partial charge in [0.2, 0.25) is 15.9 Å². The Bertz CT molecular complexity index is 846. The SMILES string of the molecule is Cc1ccc(NC(=O)C[C@@H](C)c2ccccc2)cc1S(=O)(=O)N(C)C. The molecular formula is C19H24N2O3S. The topological polar surface area (TPSA) is 66.5 Å². The van der Waals surface area contributed by atoms with E-state index >= 15 is 0 Å². The van der Waals surface area contributed by atoms with Crippen molar-refractivity contribution in [1.82, 2.24) is 4.31 Å². The molecule has 5 nitrogen and oxygen atoms in total. The predicted octanol–water partition coefficient (Wildman–Crippen LogP) is 3.38. The lowest BCUT2D eigenvalue weighted by molar-refractivity contribution is -0.116. The van der Waals surface area contributed by atoms with E-state index in [2.05, 4.69) is 5.32 Å². The molecule has 0 fully saturated rings. The van der Waals surface area contributed by atoms with Crippen molar-refractivity contribution in [3.8, 4) is 0 Å². The summed E-state index contributed by atoms with van der Waals surface area (Å²) in [5, 5.41) is 2.80. The van der Waals surface area contributed by atoms with Gasteiger partial charge in [0.25, 0.3) is 0 Å². The van der Waals surface area contributed by atoms with Gasteiger partial charge in [-0.3, -0.25) is 4.79 Å². The van der Waals surface area contributed by atoms with Crippen LogP contribution in [-0.2, 0) is 14.8 Å². The van der Waals surface area contributed by atoms with Crippen molar-refractivity contribution in [3.05, 3.63) is 59.7 Å². The molecule has 0 aliphatic rings. The summed E-state index contributed by atoms with van der Waals surface area (Å²) in [5.41, 5.74) is 2.22. The van der Waals surface area contributed by atoms with Crippen LogP contribution in [-0.4, -0.2) is 32.7 Å². The van der Waals surface area contributed by atoms with Gasteiger partial charge in [0, 0.05) is 26.2 Å². The second kappa shape index (κ2) is 7.80. The van der Waals surface area contributed by atoms with Crippen LogP contribution in [0.3, 0.4) is 0 Å². The van der Waals surface area contributed by atoms with Crippen LogP contribution in [0.25, 0.3) is 0 Å². The molecule has 134 valence electrons. The smallest absolute Gasteiger partial charge is 0.242 e. The predicted molar refractivity (Wildman–Crippen MR) is 100 cm³/mol. The van der Waals surface area contributed by atoms with Crippen molar-refractivity contribution in [3.63, 3.8) is 0 Å². The van der Waals surface area contributed by atoms with E-state index in [0.717, 1.165) is 5.56 Å². The highest BCUT2D eigenvalue weighted by Crippen LogP contribution is 2.24. The number of amides is 1. The number of nitrogens with zero attached hydrogens (tertiary/aromatic N) is 1.